The summed E-state index contributed by atoms with van der Waals surface area (Å²) in [5.74, 6) is -0.997. The van der Waals surface area contributed by atoms with Crippen LogP contribution in [0.15, 0.2) is 146 Å². The summed E-state index contributed by atoms with van der Waals surface area (Å²) in [7, 11) is 0. The minimum Gasteiger partial charge on any atom is -0.462 e. The van der Waals surface area contributed by atoms with E-state index in [9.17, 15) is 14.4 Å². The SMILES string of the molecule is CC/C=C\C/C=C\C/C=C\C/C=C\C/C=C\C/C=C\C/C=C\CCCC(=O)OCC(COC(=O)CCCCCCC/C=C\CCCCCCCCC)OC(=O)CCCCCCCC/C=C\C/C=C\C/C=C\C/C=C\CC. The van der Waals surface area contributed by atoms with Crippen molar-refractivity contribution >= 4 is 17.9 Å². The van der Waals surface area contributed by atoms with Gasteiger partial charge >= 0.3 is 17.9 Å². The van der Waals surface area contributed by atoms with Gasteiger partial charge in [0.1, 0.15) is 13.2 Å². The molecule has 0 rings (SSSR count). The number of unbranched alkanes of at least 4 members (excludes halogenated alkanes) is 19. The van der Waals surface area contributed by atoms with Crippen LogP contribution in [0.3, 0.4) is 0 Å². The van der Waals surface area contributed by atoms with Gasteiger partial charge in [-0.15, -0.1) is 0 Å². The van der Waals surface area contributed by atoms with Crippen molar-refractivity contribution in [1.29, 1.82) is 0 Å². The zero-order valence-corrected chi connectivity index (χ0v) is 49.0. The van der Waals surface area contributed by atoms with Crippen molar-refractivity contribution in [2.24, 2.45) is 0 Å². The van der Waals surface area contributed by atoms with E-state index in [-0.39, 0.29) is 37.5 Å². The lowest BCUT2D eigenvalue weighted by Gasteiger charge is -2.18. The molecule has 0 aromatic heterocycles. The Morgan fingerprint density at radius 1 is 0.276 bits per heavy atom. The summed E-state index contributed by atoms with van der Waals surface area (Å²) in [5.41, 5.74) is 0. The van der Waals surface area contributed by atoms with Crippen molar-refractivity contribution < 1.29 is 28.6 Å². The van der Waals surface area contributed by atoms with E-state index in [0.29, 0.717) is 19.3 Å². The Morgan fingerprint density at radius 3 is 0.868 bits per heavy atom. The van der Waals surface area contributed by atoms with Gasteiger partial charge in [0, 0.05) is 19.3 Å². The Balaban J connectivity index is 4.54. The van der Waals surface area contributed by atoms with E-state index in [2.05, 4.69) is 167 Å². The molecule has 76 heavy (non-hydrogen) atoms. The molecule has 0 bridgehead atoms. The van der Waals surface area contributed by atoms with Crippen molar-refractivity contribution in [2.45, 2.75) is 264 Å². The van der Waals surface area contributed by atoms with E-state index in [1.807, 2.05) is 0 Å². The van der Waals surface area contributed by atoms with Crippen molar-refractivity contribution in [3.8, 4) is 0 Å². The molecule has 428 valence electrons. The predicted octanol–water partition coefficient (Wildman–Crippen LogP) is 21.2. The average molecular weight is 1050 g/mol. The van der Waals surface area contributed by atoms with Crippen LogP contribution in [0.2, 0.25) is 0 Å². The quantitative estimate of drug-likeness (QED) is 0.0261. The molecule has 0 saturated carbocycles. The van der Waals surface area contributed by atoms with Crippen LogP contribution in [0.1, 0.15) is 258 Å². The molecule has 0 aliphatic heterocycles. The third-order valence-electron chi connectivity index (χ3n) is 12.6. The van der Waals surface area contributed by atoms with E-state index in [1.54, 1.807) is 0 Å². The zero-order valence-electron chi connectivity index (χ0n) is 49.0. The highest BCUT2D eigenvalue weighted by atomic mass is 16.6. The van der Waals surface area contributed by atoms with Gasteiger partial charge in [0.15, 0.2) is 6.10 Å². The molecule has 0 saturated heterocycles. The summed E-state index contributed by atoms with van der Waals surface area (Å²) in [4.78, 5) is 38.3. The maximum atomic E-state index is 12.9. The van der Waals surface area contributed by atoms with E-state index in [1.165, 1.54) is 70.6 Å². The van der Waals surface area contributed by atoms with Crippen LogP contribution in [0.25, 0.3) is 0 Å². The minimum absolute atomic E-state index is 0.111. The first kappa shape index (κ1) is 71.3. The summed E-state index contributed by atoms with van der Waals surface area (Å²) >= 11 is 0. The first-order chi connectivity index (χ1) is 37.5. The molecule has 1 atom stereocenters. The topological polar surface area (TPSA) is 78.9 Å². The van der Waals surface area contributed by atoms with Gasteiger partial charge in [-0.25, -0.2) is 0 Å². The zero-order chi connectivity index (χ0) is 55.0. The second kappa shape index (κ2) is 62.8. The van der Waals surface area contributed by atoms with Crippen molar-refractivity contribution in [2.75, 3.05) is 13.2 Å². The summed E-state index contributed by atoms with van der Waals surface area (Å²) in [6.45, 7) is 6.34. The molecule has 0 amide bonds. The molecule has 1 unspecified atom stereocenters. The van der Waals surface area contributed by atoms with E-state index >= 15 is 0 Å². The first-order valence-electron chi connectivity index (χ1n) is 30.8. The lowest BCUT2D eigenvalue weighted by Crippen LogP contribution is -2.30. The Morgan fingerprint density at radius 2 is 0.526 bits per heavy atom. The van der Waals surface area contributed by atoms with E-state index < -0.39 is 6.10 Å². The van der Waals surface area contributed by atoms with Gasteiger partial charge in [-0.2, -0.15) is 0 Å². The second-order valence-electron chi connectivity index (χ2n) is 19.8. The van der Waals surface area contributed by atoms with Crippen molar-refractivity contribution in [3.63, 3.8) is 0 Å². The molecule has 0 aliphatic rings. The van der Waals surface area contributed by atoms with E-state index in [0.717, 1.165) is 141 Å². The van der Waals surface area contributed by atoms with Crippen LogP contribution in [-0.2, 0) is 28.6 Å². The summed E-state index contributed by atoms with van der Waals surface area (Å²) < 4.78 is 16.8. The number of carbonyl (C=O) groups is 3. The van der Waals surface area contributed by atoms with Crippen LogP contribution >= 0.6 is 0 Å². The smallest absolute Gasteiger partial charge is 0.306 e. The number of ether oxygens (including phenoxy) is 3. The first-order valence-corrected chi connectivity index (χ1v) is 30.8. The number of esters is 3. The van der Waals surface area contributed by atoms with E-state index in [4.69, 9.17) is 14.2 Å². The molecule has 6 heteroatoms. The van der Waals surface area contributed by atoms with Gasteiger partial charge in [-0.1, -0.05) is 250 Å². The minimum atomic E-state index is -0.820. The third kappa shape index (κ3) is 60.2. The molecule has 0 aliphatic carbocycles. The van der Waals surface area contributed by atoms with Gasteiger partial charge in [0.2, 0.25) is 0 Å². The second-order valence-corrected chi connectivity index (χ2v) is 19.8. The number of carbonyl (C=O) groups excluding carboxylic acids is 3. The fraction of sp³-hybridized carbons (Fsp3) is 0.614. The highest BCUT2D eigenvalue weighted by molar-refractivity contribution is 5.71. The highest BCUT2D eigenvalue weighted by Crippen LogP contribution is 2.14. The Bertz CT molecular complexity index is 1680. The molecular weight excluding hydrogens is 937 g/mol. The largest absolute Gasteiger partial charge is 0.462 e. The predicted molar refractivity (Wildman–Crippen MR) is 329 cm³/mol. The Labute approximate surface area is 467 Å². The molecule has 0 aromatic carbocycles. The number of rotatable bonds is 54. The Hall–Kier alpha value is -4.71. The molecule has 0 radical (unpaired) electrons. The normalized spacial score (nSPS) is 13.1. The third-order valence-corrected chi connectivity index (χ3v) is 12.6. The molecule has 0 heterocycles. The maximum Gasteiger partial charge on any atom is 0.306 e. The molecule has 0 fully saturated rings. The van der Waals surface area contributed by atoms with Crippen LogP contribution < -0.4 is 0 Å². The monoisotopic (exact) mass is 1050 g/mol. The van der Waals surface area contributed by atoms with Crippen molar-refractivity contribution in [3.05, 3.63) is 146 Å². The standard InChI is InChI=1S/C70H112O6/c1-4-7-10-13-16-19-22-25-28-31-33-34-35-36-38-39-42-45-48-51-54-57-60-63-69(72)75-66-67(65-74-68(71)62-59-56-53-50-47-44-41-30-27-24-21-18-15-12-9-6-3)76-70(73)64-61-58-55-52-49-46-43-40-37-32-29-26-23-20-17-14-11-8-5-2/h7-8,10-11,16-17,19-20,25-26,28-30,33-34,36-38,40-42,45,51,54,67H,4-6,9,12-15,18,21-24,27,31-32,35,39,43-44,46-50,52-53,55-66H2,1-3H3/b10-7-,11-8-,19-16-,20-17-,28-25-,29-26-,34-33-,38-36-,40-37-,41-30-,45-42-,54-51-. The molecule has 6 nitrogen and oxygen atoms in total. The average Bonchev–Trinajstić information content (AvgIpc) is 3.42. The summed E-state index contributed by atoms with van der Waals surface area (Å²) in [5, 5.41) is 0. The van der Waals surface area contributed by atoms with Gasteiger partial charge in [0.05, 0.1) is 0 Å². The number of allylic oxidation sites excluding steroid dienone is 24. The van der Waals surface area contributed by atoms with Gasteiger partial charge in [0.25, 0.3) is 0 Å². The van der Waals surface area contributed by atoms with Crippen molar-refractivity contribution in [1.82, 2.24) is 0 Å². The lowest BCUT2D eigenvalue weighted by molar-refractivity contribution is -0.167. The molecule has 0 spiro atoms. The molecule has 0 aromatic rings. The van der Waals surface area contributed by atoms with Crippen LogP contribution in [0.4, 0.5) is 0 Å². The van der Waals surface area contributed by atoms with Gasteiger partial charge < -0.3 is 14.2 Å². The van der Waals surface area contributed by atoms with Gasteiger partial charge in [-0.05, 0) is 135 Å². The van der Waals surface area contributed by atoms with Gasteiger partial charge in [-0.3, -0.25) is 14.4 Å². The Kier molecular flexibility index (Phi) is 58.9. The number of hydrogen-bond acceptors (Lipinski definition) is 6. The molecule has 0 N–H and O–H groups in total. The fourth-order valence-corrected chi connectivity index (χ4v) is 8.01. The summed E-state index contributed by atoms with van der Waals surface area (Å²) in [6.07, 6.45) is 89.9. The maximum absolute atomic E-state index is 12.9. The van der Waals surface area contributed by atoms with Crippen LogP contribution in [0, 0.1) is 0 Å². The number of hydrogen-bond donors (Lipinski definition) is 0. The lowest BCUT2D eigenvalue weighted by atomic mass is 10.1. The summed E-state index contributed by atoms with van der Waals surface area (Å²) in [6, 6.07) is 0. The highest BCUT2D eigenvalue weighted by Gasteiger charge is 2.19. The van der Waals surface area contributed by atoms with Crippen LogP contribution in [-0.4, -0.2) is 37.2 Å². The van der Waals surface area contributed by atoms with Crippen LogP contribution in [0.5, 0.6) is 0 Å². The molecular formula is C70H112O6. The fourth-order valence-electron chi connectivity index (χ4n) is 8.01.